The molecule has 0 bridgehead atoms. The Labute approximate surface area is 105 Å². The number of rotatable bonds is 5. The Balaban J connectivity index is 3.44. The quantitative estimate of drug-likeness (QED) is 0.458. The maximum atomic E-state index is 11.8. The van der Waals surface area contributed by atoms with Gasteiger partial charge in [-0.25, -0.2) is 0 Å². The van der Waals surface area contributed by atoms with E-state index >= 15 is 0 Å². The van der Waals surface area contributed by atoms with Crippen molar-refractivity contribution in [1.82, 2.24) is 0 Å². The molecule has 0 aromatic heterocycles. The maximum Gasteiger partial charge on any atom is 0.164 e. The monoisotopic (exact) mass is 251 g/mol. The maximum absolute atomic E-state index is 11.8. The number of thiocarbonyl (C=S) groups is 1. The van der Waals surface area contributed by atoms with Crippen LogP contribution in [-0.2, 0) is 0 Å². The molecule has 0 N–H and O–H groups in total. The molecule has 1 aromatic rings. The van der Waals surface area contributed by atoms with Crippen LogP contribution in [0.4, 0.5) is 5.69 Å². The van der Waals surface area contributed by atoms with Crippen molar-refractivity contribution in [2.45, 2.75) is 13.3 Å². The summed E-state index contributed by atoms with van der Waals surface area (Å²) >= 11 is 4.56. The molecule has 0 spiro atoms. The van der Waals surface area contributed by atoms with Crippen LogP contribution < -0.4 is 9.47 Å². The second-order valence-electron chi connectivity index (χ2n) is 3.20. The van der Waals surface area contributed by atoms with E-state index < -0.39 is 0 Å². The molecule has 0 radical (unpaired) electrons. The van der Waals surface area contributed by atoms with Gasteiger partial charge in [-0.05, 0) is 18.3 Å². The normalized spacial score (nSPS) is 9.35. The minimum atomic E-state index is -0.0325. The average Bonchev–Trinajstić information content (AvgIpc) is 2.37. The first-order valence-corrected chi connectivity index (χ1v) is 5.45. The van der Waals surface area contributed by atoms with E-state index in [1.165, 1.54) is 14.2 Å². The van der Waals surface area contributed by atoms with Gasteiger partial charge in [-0.1, -0.05) is 6.92 Å². The van der Waals surface area contributed by atoms with Crippen LogP contribution in [0.1, 0.15) is 23.7 Å². The van der Waals surface area contributed by atoms with Gasteiger partial charge in [0.15, 0.2) is 17.3 Å². The van der Waals surface area contributed by atoms with Crippen LogP contribution >= 0.6 is 12.2 Å². The van der Waals surface area contributed by atoms with E-state index in [-0.39, 0.29) is 5.78 Å². The topological polar surface area (TPSA) is 47.9 Å². The smallest absolute Gasteiger partial charge is 0.164 e. The van der Waals surface area contributed by atoms with Crippen LogP contribution in [0.25, 0.3) is 0 Å². The van der Waals surface area contributed by atoms with Gasteiger partial charge < -0.3 is 9.47 Å². The number of isothiocyanates is 1. The zero-order chi connectivity index (χ0) is 12.8. The highest BCUT2D eigenvalue weighted by molar-refractivity contribution is 7.78. The van der Waals surface area contributed by atoms with E-state index in [9.17, 15) is 4.79 Å². The molecule has 0 amide bonds. The molecule has 4 nitrogen and oxygen atoms in total. The number of nitrogens with zero attached hydrogens (tertiary/aromatic N) is 1. The van der Waals surface area contributed by atoms with Crippen LogP contribution in [0.5, 0.6) is 11.5 Å². The number of carbonyl (C=O) groups is 1. The van der Waals surface area contributed by atoms with Gasteiger partial charge in [-0.2, -0.15) is 4.99 Å². The highest BCUT2D eigenvalue weighted by Crippen LogP contribution is 2.35. The fourth-order valence-electron chi connectivity index (χ4n) is 1.42. The van der Waals surface area contributed by atoms with Crippen molar-refractivity contribution in [2.24, 2.45) is 4.99 Å². The lowest BCUT2D eigenvalue weighted by molar-refractivity contribution is 0.0988. The minimum absolute atomic E-state index is 0.0325. The van der Waals surface area contributed by atoms with Gasteiger partial charge in [0.1, 0.15) is 0 Å². The number of Topliss-reactive ketones (excluding diaryl/α,β-unsaturated/α-hetero) is 1. The Bertz CT molecular complexity index is 479. The zero-order valence-corrected chi connectivity index (χ0v) is 10.8. The van der Waals surface area contributed by atoms with Gasteiger partial charge in [-0.15, -0.1) is 0 Å². The van der Waals surface area contributed by atoms with Gasteiger partial charge in [0.25, 0.3) is 0 Å². The summed E-state index contributed by atoms with van der Waals surface area (Å²) in [6, 6.07) is 3.22. The molecule has 1 aromatic carbocycles. The Kier molecular flexibility index (Phi) is 4.82. The first kappa shape index (κ1) is 13.4. The van der Waals surface area contributed by atoms with E-state index in [0.717, 1.165) is 0 Å². The molecule has 0 aliphatic carbocycles. The van der Waals surface area contributed by atoms with Crippen LogP contribution in [-0.4, -0.2) is 25.2 Å². The van der Waals surface area contributed by atoms with Crippen molar-refractivity contribution in [3.63, 3.8) is 0 Å². The number of methoxy groups -OCH3 is 2. The summed E-state index contributed by atoms with van der Waals surface area (Å²) in [5, 5.41) is 2.25. The van der Waals surface area contributed by atoms with Gasteiger partial charge in [0.05, 0.1) is 25.1 Å². The second kappa shape index (κ2) is 6.13. The van der Waals surface area contributed by atoms with E-state index in [1.54, 1.807) is 19.1 Å². The highest BCUT2D eigenvalue weighted by atomic mass is 32.1. The third kappa shape index (κ3) is 2.90. The van der Waals surface area contributed by atoms with E-state index in [4.69, 9.17) is 9.47 Å². The Hall–Kier alpha value is -1.71. The van der Waals surface area contributed by atoms with Crippen molar-refractivity contribution in [2.75, 3.05) is 14.2 Å². The molecular formula is C12H13NO3S. The predicted octanol–water partition coefficient (Wildman–Crippen LogP) is 3.03. The highest BCUT2D eigenvalue weighted by Gasteiger charge is 2.15. The molecule has 0 unspecified atom stereocenters. The summed E-state index contributed by atoms with van der Waals surface area (Å²) in [5.74, 6) is 0.965. The van der Waals surface area contributed by atoms with Gasteiger partial charge >= 0.3 is 0 Å². The van der Waals surface area contributed by atoms with Crippen molar-refractivity contribution in [1.29, 1.82) is 0 Å². The Morgan fingerprint density at radius 1 is 1.35 bits per heavy atom. The first-order chi connectivity index (χ1) is 8.17. The lowest BCUT2D eigenvalue weighted by Gasteiger charge is -2.10. The number of ketones is 1. The fourth-order valence-corrected chi connectivity index (χ4v) is 1.52. The number of aliphatic imine (C=N–C) groups is 1. The molecule has 0 fully saturated rings. The summed E-state index contributed by atoms with van der Waals surface area (Å²) in [6.07, 6.45) is 0.384. The van der Waals surface area contributed by atoms with Crippen molar-refractivity contribution in [3.8, 4) is 11.5 Å². The van der Waals surface area contributed by atoms with Crippen molar-refractivity contribution >= 4 is 28.8 Å². The predicted molar refractivity (Wildman–Crippen MR) is 68.9 cm³/mol. The van der Waals surface area contributed by atoms with Crippen LogP contribution in [0.3, 0.4) is 0 Å². The first-order valence-electron chi connectivity index (χ1n) is 5.05. The molecule has 1 rings (SSSR count). The fraction of sp³-hybridized carbons (Fsp3) is 0.333. The number of carbonyl (C=O) groups excluding carboxylic acids is 1. The van der Waals surface area contributed by atoms with Crippen LogP contribution in [0.15, 0.2) is 17.1 Å². The number of hydrogen-bond acceptors (Lipinski definition) is 5. The molecule has 0 heterocycles. The minimum Gasteiger partial charge on any atom is -0.493 e. The van der Waals surface area contributed by atoms with Gasteiger partial charge in [0.2, 0.25) is 0 Å². The molecule has 17 heavy (non-hydrogen) atoms. The van der Waals surface area contributed by atoms with Crippen LogP contribution in [0.2, 0.25) is 0 Å². The van der Waals surface area contributed by atoms with Crippen molar-refractivity contribution < 1.29 is 14.3 Å². The van der Waals surface area contributed by atoms with E-state index in [0.29, 0.717) is 29.2 Å². The molecule has 5 heteroatoms. The average molecular weight is 251 g/mol. The van der Waals surface area contributed by atoms with Crippen molar-refractivity contribution in [3.05, 3.63) is 17.7 Å². The zero-order valence-electron chi connectivity index (χ0n) is 9.94. The summed E-state index contributed by atoms with van der Waals surface area (Å²) in [6.45, 7) is 1.78. The lowest BCUT2D eigenvalue weighted by atomic mass is 10.1. The second-order valence-corrected chi connectivity index (χ2v) is 3.39. The molecular weight excluding hydrogens is 238 g/mol. The summed E-state index contributed by atoms with van der Waals surface area (Å²) < 4.78 is 10.3. The third-order valence-corrected chi connectivity index (χ3v) is 2.38. The van der Waals surface area contributed by atoms with Gasteiger partial charge in [-0.3, -0.25) is 4.79 Å². The number of benzene rings is 1. The number of ether oxygens (including phenoxy) is 2. The summed E-state index contributed by atoms with van der Waals surface area (Å²) in [4.78, 5) is 15.6. The van der Waals surface area contributed by atoms with Crippen LogP contribution in [0, 0.1) is 0 Å². The Morgan fingerprint density at radius 3 is 2.41 bits per heavy atom. The molecule has 0 saturated heterocycles. The standard InChI is InChI=1S/C12H13NO3S/c1-4-10(14)8-5-11(15-2)12(16-3)6-9(8)13-7-17/h5-6H,4H2,1-3H3. The number of hydrogen-bond donors (Lipinski definition) is 0. The van der Waals surface area contributed by atoms with Gasteiger partial charge in [0, 0.05) is 18.1 Å². The SMILES string of the molecule is CCC(=O)c1cc(OC)c(OC)cc1N=C=S. The summed E-state index contributed by atoms with van der Waals surface area (Å²) in [5.41, 5.74) is 0.909. The largest absolute Gasteiger partial charge is 0.493 e. The molecule has 0 saturated carbocycles. The summed E-state index contributed by atoms with van der Waals surface area (Å²) in [7, 11) is 3.03. The molecule has 0 atom stereocenters. The molecule has 0 aliphatic rings. The van der Waals surface area contributed by atoms with E-state index in [2.05, 4.69) is 22.4 Å². The van der Waals surface area contributed by atoms with E-state index in [1.807, 2.05) is 0 Å². The third-order valence-electron chi connectivity index (χ3n) is 2.29. The molecule has 90 valence electrons. The Morgan fingerprint density at radius 2 is 1.94 bits per heavy atom. The lowest BCUT2D eigenvalue weighted by Crippen LogP contribution is -1.99. The molecule has 0 aliphatic heterocycles.